The van der Waals surface area contributed by atoms with E-state index >= 15 is 0 Å². The molecule has 8 heteroatoms. The van der Waals surface area contributed by atoms with Crippen LogP contribution in [-0.2, 0) is 0 Å². The second kappa shape index (κ2) is 7.70. The van der Waals surface area contributed by atoms with Gasteiger partial charge < -0.3 is 10.1 Å². The van der Waals surface area contributed by atoms with Gasteiger partial charge in [-0.1, -0.05) is 27.5 Å². The van der Waals surface area contributed by atoms with Crippen molar-refractivity contribution in [2.24, 2.45) is 0 Å². The van der Waals surface area contributed by atoms with Crippen LogP contribution in [0.15, 0.2) is 46.9 Å². The van der Waals surface area contributed by atoms with E-state index in [0.29, 0.717) is 15.6 Å². The lowest BCUT2D eigenvalue weighted by molar-refractivity contribution is 0.0982. The fraction of sp³-hybridized carbons (Fsp3) is 0.0588. The summed E-state index contributed by atoms with van der Waals surface area (Å²) in [6.45, 7) is 0. The molecule has 0 saturated carbocycles. The second-order valence-corrected chi connectivity index (χ2v) is 7.78. The number of nitrogens with one attached hydrogen (secondary N) is 2. The molecule has 0 unspecified atom stereocenters. The number of halogens is 2. The minimum atomic E-state index is -0.347. The molecule has 3 aromatic rings. The van der Waals surface area contributed by atoms with E-state index in [0.717, 1.165) is 20.2 Å². The first-order chi connectivity index (χ1) is 12.0. The first kappa shape index (κ1) is 18.1. The van der Waals surface area contributed by atoms with E-state index < -0.39 is 0 Å². The summed E-state index contributed by atoms with van der Waals surface area (Å²) in [4.78, 5) is 12.9. The molecule has 1 aromatic heterocycles. The van der Waals surface area contributed by atoms with Crippen LogP contribution in [-0.4, -0.2) is 18.1 Å². The highest BCUT2D eigenvalue weighted by molar-refractivity contribution is 9.10. The second-order valence-electron chi connectivity index (χ2n) is 5.02. The highest BCUT2D eigenvalue weighted by Gasteiger charge is 2.18. The van der Waals surface area contributed by atoms with Crippen LogP contribution in [0.2, 0.25) is 5.02 Å². The molecule has 0 aliphatic rings. The van der Waals surface area contributed by atoms with Crippen molar-refractivity contribution < 1.29 is 9.53 Å². The fourth-order valence-corrected chi connectivity index (χ4v) is 4.09. The third-order valence-corrected chi connectivity index (χ3v) is 5.76. The lowest BCUT2D eigenvalue weighted by Gasteiger charge is -2.09. The molecule has 0 spiro atoms. The van der Waals surface area contributed by atoms with Gasteiger partial charge in [0.15, 0.2) is 5.11 Å². The van der Waals surface area contributed by atoms with Gasteiger partial charge in [-0.05, 0) is 54.7 Å². The lowest BCUT2D eigenvalue weighted by Crippen LogP contribution is -2.33. The van der Waals surface area contributed by atoms with Crippen LogP contribution in [0.3, 0.4) is 0 Å². The number of rotatable bonds is 3. The SMILES string of the molecule is COc1ccc2c(Cl)c(C(=O)NC(=S)Nc3ccc(Br)cc3)sc2c1. The van der Waals surface area contributed by atoms with E-state index in [2.05, 4.69) is 26.6 Å². The van der Waals surface area contributed by atoms with Gasteiger partial charge in [-0.25, -0.2) is 0 Å². The summed E-state index contributed by atoms with van der Waals surface area (Å²) in [6, 6.07) is 12.9. The van der Waals surface area contributed by atoms with E-state index in [1.54, 1.807) is 7.11 Å². The number of carbonyl (C=O) groups is 1. The summed E-state index contributed by atoms with van der Waals surface area (Å²) >= 11 is 16.2. The molecule has 0 bridgehead atoms. The van der Waals surface area contributed by atoms with E-state index in [1.807, 2.05) is 42.5 Å². The molecule has 0 saturated heterocycles. The Morgan fingerprint density at radius 3 is 2.64 bits per heavy atom. The van der Waals surface area contributed by atoms with Gasteiger partial charge in [-0.3, -0.25) is 10.1 Å². The van der Waals surface area contributed by atoms with E-state index in [-0.39, 0.29) is 11.0 Å². The molecule has 1 amide bonds. The monoisotopic (exact) mass is 454 g/mol. The minimum absolute atomic E-state index is 0.207. The Bertz CT molecular complexity index is 957. The van der Waals surface area contributed by atoms with Crippen molar-refractivity contribution in [2.45, 2.75) is 0 Å². The highest BCUT2D eigenvalue weighted by Crippen LogP contribution is 2.37. The molecular weight excluding hydrogens is 444 g/mol. The Kier molecular flexibility index (Phi) is 5.58. The number of carbonyl (C=O) groups excluding carboxylic acids is 1. The van der Waals surface area contributed by atoms with Crippen molar-refractivity contribution in [3.63, 3.8) is 0 Å². The number of anilines is 1. The standard InChI is InChI=1S/C17H12BrClN2O2S2/c1-23-11-6-7-12-13(8-11)25-15(14(12)19)16(22)21-17(24)20-10-4-2-9(18)3-5-10/h2-8H,1H3,(H2,20,21,22,24). The van der Waals surface area contributed by atoms with E-state index in [9.17, 15) is 4.79 Å². The quantitative estimate of drug-likeness (QED) is 0.515. The normalized spacial score (nSPS) is 10.5. The maximum Gasteiger partial charge on any atom is 0.269 e. The number of hydrogen-bond donors (Lipinski definition) is 2. The molecule has 0 aliphatic carbocycles. The topological polar surface area (TPSA) is 50.4 Å². The zero-order chi connectivity index (χ0) is 18.0. The van der Waals surface area contributed by atoms with Crippen LogP contribution in [0.1, 0.15) is 9.67 Å². The third kappa shape index (κ3) is 4.12. The molecule has 1 heterocycles. The number of hydrogen-bond acceptors (Lipinski definition) is 4. The van der Waals surface area contributed by atoms with E-state index in [4.69, 9.17) is 28.6 Å². The first-order valence-electron chi connectivity index (χ1n) is 7.12. The van der Waals surface area contributed by atoms with Gasteiger partial charge in [0.25, 0.3) is 5.91 Å². The number of amides is 1. The third-order valence-electron chi connectivity index (χ3n) is 3.37. The Morgan fingerprint density at radius 2 is 1.96 bits per heavy atom. The van der Waals surface area contributed by atoms with Crippen molar-refractivity contribution in [3.05, 3.63) is 56.8 Å². The predicted molar refractivity (Wildman–Crippen MR) is 111 cm³/mol. The van der Waals surface area contributed by atoms with Crippen LogP contribution < -0.4 is 15.4 Å². The smallest absolute Gasteiger partial charge is 0.269 e. The molecule has 2 N–H and O–H groups in total. The summed E-state index contributed by atoms with van der Waals surface area (Å²) in [5, 5.41) is 7.04. The number of benzene rings is 2. The van der Waals surface area contributed by atoms with Crippen LogP contribution in [0.4, 0.5) is 5.69 Å². The van der Waals surface area contributed by atoms with Crippen LogP contribution >= 0.6 is 51.1 Å². The van der Waals surface area contributed by atoms with Gasteiger partial charge in [-0.15, -0.1) is 11.3 Å². The number of fused-ring (bicyclic) bond motifs is 1. The van der Waals surface area contributed by atoms with Gasteiger partial charge in [-0.2, -0.15) is 0 Å². The molecule has 0 fully saturated rings. The molecule has 4 nitrogen and oxygen atoms in total. The number of methoxy groups -OCH3 is 1. The zero-order valence-corrected chi connectivity index (χ0v) is 16.9. The van der Waals surface area contributed by atoms with Crippen molar-refractivity contribution in [2.75, 3.05) is 12.4 Å². The summed E-state index contributed by atoms with van der Waals surface area (Å²) in [7, 11) is 1.59. The predicted octanol–water partition coefficient (Wildman–Crippen LogP) is 5.45. The van der Waals surface area contributed by atoms with Crippen LogP contribution in [0, 0.1) is 0 Å². The molecule has 0 aliphatic heterocycles. The maximum atomic E-state index is 12.5. The highest BCUT2D eigenvalue weighted by atomic mass is 79.9. The lowest BCUT2D eigenvalue weighted by atomic mass is 10.2. The van der Waals surface area contributed by atoms with Crippen molar-refractivity contribution >= 4 is 77.9 Å². The average molecular weight is 456 g/mol. The number of ether oxygens (including phenoxy) is 1. The van der Waals surface area contributed by atoms with Crippen LogP contribution in [0.5, 0.6) is 5.75 Å². The Hall–Kier alpha value is -1.67. The van der Waals surface area contributed by atoms with Gasteiger partial charge in [0.2, 0.25) is 0 Å². The zero-order valence-electron chi connectivity index (χ0n) is 12.9. The Balaban J connectivity index is 1.76. The Morgan fingerprint density at radius 1 is 1.24 bits per heavy atom. The van der Waals surface area contributed by atoms with Gasteiger partial charge in [0, 0.05) is 20.2 Å². The molecule has 3 rings (SSSR count). The van der Waals surface area contributed by atoms with Crippen molar-refractivity contribution in [1.29, 1.82) is 0 Å². The summed E-state index contributed by atoms with van der Waals surface area (Å²) in [5.74, 6) is 0.365. The minimum Gasteiger partial charge on any atom is -0.497 e. The largest absolute Gasteiger partial charge is 0.497 e. The summed E-state index contributed by atoms with van der Waals surface area (Å²) in [6.07, 6.45) is 0. The number of thiocarbonyl (C=S) groups is 1. The van der Waals surface area contributed by atoms with Crippen LogP contribution in [0.25, 0.3) is 10.1 Å². The molecule has 128 valence electrons. The Labute approximate surface area is 167 Å². The fourth-order valence-electron chi connectivity index (χ4n) is 2.17. The maximum absolute atomic E-state index is 12.5. The van der Waals surface area contributed by atoms with Gasteiger partial charge in [0.1, 0.15) is 10.6 Å². The van der Waals surface area contributed by atoms with Crippen molar-refractivity contribution in [3.8, 4) is 5.75 Å². The molecule has 0 atom stereocenters. The average Bonchev–Trinajstić information content (AvgIpc) is 2.93. The molecule has 25 heavy (non-hydrogen) atoms. The molecular formula is C17H12BrClN2O2S2. The van der Waals surface area contributed by atoms with E-state index in [1.165, 1.54) is 11.3 Å². The van der Waals surface area contributed by atoms with Crippen molar-refractivity contribution in [1.82, 2.24) is 5.32 Å². The molecule has 0 radical (unpaired) electrons. The molecule has 2 aromatic carbocycles. The number of thiophene rings is 1. The van der Waals surface area contributed by atoms with Gasteiger partial charge in [0.05, 0.1) is 12.1 Å². The van der Waals surface area contributed by atoms with Gasteiger partial charge >= 0.3 is 0 Å². The first-order valence-corrected chi connectivity index (χ1v) is 9.51. The summed E-state index contributed by atoms with van der Waals surface area (Å²) in [5.41, 5.74) is 0.778. The summed E-state index contributed by atoms with van der Waals surface area (Å²) < 4.78 is 7.04.